The summed E-state index contributed by atoms with van der Waals surface area (Å²) in [5, 5.41) is 14.0. The van der Waals surface area contributed by atoms with Gasteiger partial charge in [0.25, 0.3) is 0 Å². The first-order chi connectivity index (χ1) is 16.0. The summed E-state index contributed by atoms with van der Waals surface area (Å²) in [4.78, 5) is 0.616. The van der Waals surface area contributed by atoms with Gasteiger partial charge in [0.1, 0.15) is 5.01 Å². The van der Waals surface area contributed by atoms with Gasteiger partial charge in [0.15, 0.2) is 5.82 Å². The molecule has 0 aliphatic heterocycles. The highest BCUT2D eigenvalue weighted by Gasteiger charge is 2.30. The van der Waals surface area contributed by atoms with E-state index in [0.717, 1.165) is 23.3 Å². The van der Waals surface area contributed by atoms with Crippen LogP contribution in [0.5, 0.6) is 0 Å². The number of rotatable bonds is 5. The molecule has 0 atom stereocenters. The molecule has 0 radical (unpaired) electrons. The molecule has 0 aliphatic carbocycles. The number of alkyl halides is 3. The van der Waals surface area contributed by atoms with Crippen molar-refractivity contribution in [2.24, 2.45) is 0 Å². The molecule has 164 valence electrons. The molecule has 2 aromatic heterocycles. The Morgan fingerprint density at radius 1 is 0.788 bits per heavy atom. The van der Waals surface area contributed by atoms with Crippen LogP contribution in [-0.2, 0) is 6.18 Å². The molecule has 0 fully saturated rings. The summed E-state index contributed by atoms with van der Waals surface area (Å²) in [6.07, 6.45) is -1.07. The fraction of sp³-hybridized carbons (Fsp3) is 0.0800. The maximum Gasteiger partial charge on any atom is 0.416 e. The molecule has 0 unspecified atom stereocenters. The molecule has 8 heteroatoms. The Morgan fingerprint density at radius 3 is 2.09 bits per heavy atom. The molecule has 0 saturated heterocycles. The summed E-state index contributed by atoms with van der Waals surface area (Å²) < 4.78 is 40.6. The highest BCUT2D eigenvalue weighted by Crippen LogP contribution is 2.32. The van der Waals surface area contributed by atoms with Crippen molar-refractivity contribution < 1.29 is 13.2 Å². The fourth-order valence-electron chi connectivity index (χ4n) is 3.66. The SMILES string of the molecule is FC(F)(F)c1cccc(/C=C/c2nn3c(C(c4ccccc4)c4ccccc4)nnc3s2)c1. The predicted molar refractivity (Wildman–Crippen MR) is 123 cm³/mol. The van der Waals surface area contributed by atoms with E-state index in [1.165, 1.54) is 17.4 Å². The Balaban J connectivity index is 1.52. The molecule has 4 nitrogen and oxygen atoms in total. The summed E-state index contributed by atoms with van der Waals surface area (Å²) in [5.41, 5.74) is 1.89. The topological polar surface area (TPSA) is 43.1 Å². The third-order valence-corrected chi connectivity index (χ3v) is 6.05. The van der Waals surface area contributed by atoms with Gasteiger partial charge in [-0.2, -0.15) is 22.8 Å². The van der Waals surface area contributed by atoms with Crippen molar-refractivity contribution in [1.82, 2.24) is 19.8 Å². The van der Waals surface area contributed by atoms with E-state index in [9.17, 15) is 13.2 Å². The van der Waals surface area contributed by atoms with Crippen LogP contribution in [0.1, 0.15) is 39.0 Å². The molecule has 33 heavy (non-hydrogen) atoms. The highest BCUT2D eigenvalue weighted by molar-refractivity contribution is 7.17. The lowest BCUT2D eigenvalue weighted by Gasteiger charge is -2.15. The van der Waals surface area contributed by atoms with E-state index in [1.54, 1.807) is 22.7 Å². The molecule has 0 aliphatic rings. The van der Waals surface area contributed by atoms with Crippen molar-refractivity contribution in [3.63, 3.8) is 0 Å². The molecule has 0 amide bonds. The number of fused-ring (bicyclic) bond motifs is 1. The third kappa shape index (κ3) is 4.42. The molecule has 5 aromatic rings. The maximum atomic E-state index is 13.0. The standard InChI is InChI=1S/C25H17F3N4S/c26-25(27,28)20-13-7-8-17(16-20)14-15-21-31-32-23(29-30-24(32)33-21)22(18-9-3-1-4-10-18)19-11-5-2-6-12-19/h1-16,22H/b15-14+. The van der Waals surface area contributed by atoms with Crippen molar-refractivity contribution in [3.05, 3.63) is 118 Å². The summed E-state index contributed by atoms with van der Waals surface area (Å²) in [6.45, 7) is 0. The van der Waals surface area contributed by atoms with E-state index in [-0.39, 0.29) is 5.92 Å². The van der Waals surface area contributed by atoms with Crippen LogP contribution >= 0.6 is 11.3 Å². The second-order valence-electron chi connectivity index (χ2n) is 7.40. The lowest BCUT2D eigenvalue weighted by Crippen LogP contribution is -2.08. The Bertz CT molecular complexity index is 1370. The largest absolute Gasteiger partial charge is 0.416 e. The van der Waals surface area contributed by atoms with Crippen LogP contribution in [0.3, 0.4) is 0 Å². The van der Waals surface area contributed by atoms with E-state index < -0.39 is 11.7 Å². The van der Waals surface area contributed by atoms with Gasteiger partial charge in [-0.1, -0.05) is 90.2 Å². The van der Waals surface area contributed by atoms with E-state index in [0.29, 0.717) is 21.4 Å². The second-order valence-corrected chi connectivity index (χ2v) is 8.39. The predicted octanol–water partition coefficient (Wildman–Crippen LogP) is 6.56. The van der Waals surface area contributed by atoms with Gasteiger partial charge in [0.05, 0.1) is 11.5 Å². The lowest BCUT2D eigenvalue weighted by molar-refractivity contribution is -0.137. The summed E-state index contributed by atoms with van der Waals surface area (Å²) in [6, 6.07) is 25.2. The zero-order valence-corrected chi connectivity index (χ0v) is 18.0. The molecule has 2 heterocycles. The Kier molecular flexibility index (Phi) is 5.51. The van der Waals surface area contributed by atoms with E-state index in [1.807, 2.05) is 60.7 Å². The number of hydrogen-bond acceptors (Lipinski definition) is 4. The van der Waals surface area contributed by atoms with E-state index >= 15 is 0 Å². The quantitative estimate of drug-likeness (QED) is 0.297. The number of nitrogens with zero attached hydrogens (tertiary/aromatic N) is 4. The van der Waals surface area contributed by atoms with Gasteiger partial charge < -0.3 is 0 Å². The smallest absolute Gasteiger partial charge is 0.186 e. The first-order valence-electron chi connectivity index (χ1n) is 10.2. The summed E-state index contributed by atoms with van der Waals surface area (Å²) >= 11 is 1.32. The van der Waals surface area contributed by atoms with Crippen molar-refractivity contribution in [1.29, 1.82) is 0 Å². The van der Waals surface area contributed by atoms with Gasteiger partial charge in [-0.3, -0.25) is 0 Å². The molecule has 0 spiro atoms. The lowest BCUT2D eigenvalue weighted by atomic mass is 9.91. The molecule has 0 bridgehead atoms. The van der Waals surface area contributed by atoms with Gasteiger partial charge in [0.2, 0.25) is 4.96 Å². The van der Waals surface area contributed by atoms with Gasteiger partial charge in [-0.05, 0) is 34.9 Å². The highest BCUT2D eigenvalue weighted by atomic mass is 32.1. The summed E-state index contributed by atoms with van der Waals surface area (Å²) in [5.74, 6) is 0.516. The minimum absolute atomic E-state index is 0.162. The average Bonchev–Trinajstić information content (AvgIpc) is 3.40. The second kappa shape index (κ2) is 8.63. The van der Waals surface area contributed by atoms with Gasteiger partial charge in [-0.25, -0.2) is 0 Å². The normalized spacial score (nSPS) is 12.2. The Hall–Kier alpha value is -3.78. The van der Waals surface area contributed by atoms with Crippen LogP contribution in [0.25, 0.3) is 17.1 Å². The zero-order chi connectivity index (χ0) is 22.8. The first-order valence-corrected chi connectivity index (χ1v) is 11.0. The monoisotopic (exact) mass is 462 g/mol. The minimum atomic E-state index is -4.38. The van der Waals surface area contributed by atoms with Gasteiger partial charge >= 0.3 is 6.18 Å². The Labute approximate surface area is 191 Å². The molecule has 0 saturated carbocycles. The average molecular weight is 463 g/mol. The molecule has 3 aromatic carbocycles. The van der Waals surface area contributed by atoms with Crippen molar-refractivity contribution >= 4 is 28.4 Å². The fourth-order valence-corrected chi connectivity index (χ4v) is 4.41. The molecule has 5 rings (SSSR count). The van der Waals surface area contributed by atoms with Crippen LogP contribution in [-0.4, -0.2) is 19.8 Å². The Morgan fingerprint density at radius 2 is 1.45 bits per heavy atom. The third-order valence-electron chi connectivity index (χ3n) is 5.19. The van der Waals surface area contributed by atoms with Crippen LogP contribution in [0.2, 0.25) is 0 Å². The number of aromatic nitrogens is 4. The van der Waals surface area contributed by atoms with Crippen molar-refractivity contribution in [2.45, 2.75) is 12.1 Å². The zero-order valence-electron chi connectivity index (χ0n) is 17.1. The van der Waals surface area contributed by atoms with Crippen molar-refractivity contribution in [2.75, 3.05) is 0 Å². The molecular weight excluding hydrogens is 445 g/mol. The molecule has 0 N–H and O–H groups in total. The summed E-state index contributed by atoms with van der Waals surface area (Å²) in [7, 11) is 0. The van der Waals surface area contributed by atoms with Crippen LogP contribution < -0.4 is 0 Å². The van der Waals surface area contributed by atoms with Crippen molar-refractivity contribution in [3.8, 4) is 0 Å². The van der Waals surface area contributed by atoms with Crippen LogP contribution in [0, 0.1) is 0 Å². The van der Waals surface area contributed by atoms with E-state index in [2.05, 4.69) is 15.3 Å². The molecular formula is C25H17F3N4S. The van der Waals surface area contributed by atoms with Gasteiger partial charge in [-0.15, -0.1) is 10.2 Å². The number of hydrogen-bond donors (Lipinski definition) is 0. The minimum Gasteiger partial charge on any atom is -0.186 e. The number of benzene rings is 3. The van der Waals surface area contributed by atoms with Crippen LogP contribution in [0.15, 0.2) is 84.9 Å². The van der Waals surface area contributed by atoms with Crippen LogP contribution in [0.4, 0.5) is 13.2 Å². The number of halogens is 3. The first kappa shape index (κ1) is 21.1. The van der Waals surface area contributed by atoms with Gasteiger partial charge in [0, 0.05) is 0 Å². The maximum absolute atomic E-state index is 13.0. The van der Waals surface area contributed by atoms with E-state index in [4.69, 9.17) is 0 Å².